The maximum atomic E-state index is 14.5. The van der Waals surface area contributed by atoms with E-state index in [1.165, 1.54) is 29.2 Å². The number of benzene rings is 3. The predicted molar refractivity (Wildman–Crippen MR) is 174 cm³/mol. The minimum atomic E-state index is -2.10. The molecule has 2 N–H and O–H groups in total. The van der Waals surface area contributed by atoms with Gasteiger partial charge in [-0.25, -0.2) is 9.29 Å². The van der Waals surface area contributed by atoms with Crippen molar-refractivity contribution in [2.75, 3.05) is 24.7 Å². The number of allylic oxidation sites excluding steroid dienone is 2. The molecule has 48 heavy (non-hydrogen) atoms. The van der Waals surface area contributed by atoms with E-state index in [2.05, 4.69) is 0 Å². The van der Waals surface area contributed by atoms with Crippen LogP contribution in [0.4, 0.5) is 10.1 Å². The monoisotopic (exact) mass is 692 g/mol. The van der Waals surface area contributed by atoms with Crippen LogP contribution in [0.5, 0.6) is 11.5 Å². The molecule has 248 valence electrons. The number of ether oxygens (including phenoxy) is 1. The van der Waals surface area contributed by atoms with Crippen LogP contribution in [0.15, 0.2) is 84.4 Å². The number of aliphatic hydroxyl groups is 1. The molecule has 12 heteroatoms. The van der Waals surface area contributed by atoms with Crippen molar-refractivity contribution >= 4 is 52.5 Å². The van der Waals surface area contributed by atoms with Gasteiger partial charge in [0.25, 0.3) is 11.8 Å². The molecule has 6 unspecified atom stereocenters. The molecule has 1 saturated carbocycles. The SMILES string of the molecule is O=C1C2CC=C3C(CC4(Cl)C(=O)N(c5ccc(F)cc5)C(=O)C4(Cl)C3c3ccccc3OCCO)C2C(=O)N1CCc1ccc(O)cc1. The fourth-order valence-corrected chi connectivity index (χ4v) is 8.87. The standard InChI is InChI=1S/C36H31Cl2FN2O7/c37-35-19-27-24(13-14-26-29(27)32(45)40(31(26)44)16-15-20-5-11-23(43)12-6-20)30(25-3-1-2-4-28(25)48-18-17-42)36(35,38)34(47)41(33(35)46)22-9-7-21(39)8-10-22/h1-13,26-27,29-30,42-43H,14-19H2. The lowest BCUT2D eigenvalue weighted by Crippen LogP contribution is -2.60. The number of anilines is 1. The van der Waals surface area contributed by atoms with Crippen molar-refractivity contribution in [2.24, 2.45) is 17.8 Å². The van der Waals surface area contributed by atoms with Crippen LogP contribution in [-0.2, 0) is 25.6 Å². The number of carbonyl (C=O) groups is 4. The lowest BCUT2D eigenvalue weighted by Gasteiger charge is -2.51. The Labute approximate surface area is 285 Å². The molecule has 3 aromatic rings. The minimum Gasteiger partial charge on any atom is -0.508 e. The van der Waals surface area contributed by atoms with Gasteiger partial charge in [0.15, 0.2) is 9.75 Å². The summed E-state index contributed by atoms with van der Waals surface area (Å²) >= 11 is 14.8. The summed E-state index contributed by atoms with van der Waals surface area (Å²) in [5.41, 5.74) is 1.96. The van der Waals surface area contributed by atoms with E-state index in [9.17, 15) is 33.8 Å². The molecule has 9 nitrogen and oxygen atoms in total. The number of nitrogens with zero attached hydrogens (tertiary/aromatic N) is 2. The largest absolute Gasteiger partial charge is 0.508 e. The van der Waals surface area contributed by atoms with E-state index in [4.69, 9.17) is 27.9 Å². The van der Waals surface area contributed by atoms with Crippen molar-refractivity contribution in [3.63, 3.8) is 0 Å². The van der Waals surface area contributed by atoms with Crippen LogP contribution in [0.3, 0.4) is 0 Å². The summed E-state index contributed by atoms with van der Waals surface area (Å²) in [5.74, 6) is -5.83. The van der Waals surface area contributed by atoms with Gasteiger partial charge < -0.3 is 14.9 Å². The number of halogens is 3. The van der Waals surface area contributed by atoms with Crippen molar-refractivity contribution in [2.45, 2.75) is 34.9 Å². The van der Waals surface area contributed by atoms with Crippen LogP contribution in [0.1, 0.15) is 29.9 Å². The summed E-state index contributed by atoms with van der Waals surface area (Å²) in [6, 6.07) is 18.2. The van der Waals surface area contributed by atoms with Crippen LogP contribution in [-0.4, -0.2) is 68.2 Å². The highest BCUT2D eigenvalue weighted by atomic mass is 35.5. The van der Waals surface area contributed by atoms with E-state index in [0.29, 0.717) is 23.3 Å². The number of aliphatic hydroxyl groups excluding tert-OH is 1. The van der Waals surface area contributed by atoms with Crippen molar-refractivity contribution in [3.8, 4) is 11.5 Å². The molecule has 0 aromatic heterocycles. The molecule has 0 radical (unpaired) electrons. The Balaban J connectivity index is 1.33. The van der Waals surface area contributed by atoms with E-state index in [-0.39, 0.29) is 49.9 Å². The average Bonchev–Trinajstić information content (AvgIpc) is 3.41. The predicted octanol–water partition coefficient (Wildman–Crippen LogP) is 4.71. The number of phenols is 1. The highest BCUT2D eigenvalue weighted by Gasteiger charge is 2.76. The number of aromatic hydroxyl groups is 1. The van der Waals surface area contributed by atoms with E-state index in [1.807, 2.05) is 6.08 Å². The Morgan fingerprint density at radius 1 is 0.896 bits per heavy atom. The van der Waals surface area contributed by atoms with E-state index >= 15 is 0 Å². The first-order valence-corrected chi connectivity index (χ1v) is 16.4. The first-order valence-electron chi connectivity index (χ1n) is 15.7. The summed E-state index contributed by atoms with van der Waals surface area (Å²) in [6.45, 7) is -0.221. The van der Waals surface area contributed by atoms with Gasteiger partial charge in [0, 0.05) is 18.0 Å². The third kappa shape index (κ3) is 4.75. The summed E-state index contributed by atoms with van der Waals surface area (Å²) in [7, 11) is 0. The third-order valence-corrected chi connectivity index (χ3v) is 11.5. The van der Waals surface area contributed by atoms with Gasteiger partial charge in [0.1, 0.15) is 23.9 Å². The normalized spacial score (nSPS) is 29.5. The first-order chi connectivity index (χ1) is 23.0. The van der Waals surface area contributed by atoms with Crippen molar-refractivity contribution in [1.82, 2.24) is 4.90 Å². The minimum absolute atomic E-state index is 0.0597. The van der Waals surface area contributed by atoms with E-state index in [1.54, 1.807) is 36.4 Å². The Kier molecular flexibility index (Phi) is 8.09. The van der Waals surface area contributed by atoms with Crippen molar-refractivity contribution < 1.29 is 38.5 Å². The second kappa shape index (κ2) is 12.0. The van der Waals surface area contributed by atoms with Gasteiger partial charge in [-0.3, -0.25) is 24.1 Å². The zero-order valence-electron chi connectivity index (χ0n) is 25.5. The van der Waals surface area contributed by atoms with Crippen molar-refractivity contribution in [3.05, 3.63) is 101 Å². The van der Waals surface area contributed by atoms with Gasteiger partial charge in [-0.2, -0.15) is 0 Å². The summed E-state index contributed by atoms with van der Waals surface area (Å²) < 4.78 is 19.8. The molecule has 3 fully saturated rings. The number of rotatable bonds is 8. The van der Waals surface area contributed by atoms with Gasteiger partial charge in [-0.05, 0) is 73.2 Å². The Morgan fingerprint density at radius 2 is 1.60 bits per heavy atom. The molecule has 2 aliphatic heterocycles. The molecule has 2 aliphatic carbocycles. The summed E-state index contributed by atoms with van der Waals surface area (Å²) in [6.07, 6.45) is 2.23. The topological polar surface area (TPSA) is 124 Å². The van der Waals surface area contributed by atoms with Gasteiger partial charge in [0.2, 0.25) is 11.8 Å². The van der Waals surface area contributed by atoms with Crippen LogP contribution >= 0.6 is 23.2 Å². The average molecular weight is 694 g/mol. The number of likely N-dealkylation sites (tertiary alicyclic amines) is 1. The molecule has 4 aliphatic rings. The molecular formula is C36H31Cl2FN2O7. The summed E-state index contributed by atoms with van der Waals surface area (Å²) in [5, 5.41) is 19.2. The lowest BCUT2D eigenvalue weighted by atomic mass is 9.56. The van der Waals surface area contributed by atoms with Crippen LogP contribution in [0.2, 0.25) is 0 Å². The number of hydrogen-bond acceptors (Lipinski definition) is 7. The molecule has 2 heterocycles. The first kappa shape index (κ1) is 32.3. The van der Waals surface area contributed by atoms with Gasteiger partial charge in [-0.15, -0.1) is 23.2 Å². The maximum Gasteiger partial charge on any atom is 0.258 e. The number of hydrogen-bond donors (Lipinski definition) is 2. The van der Waals surface area contributed by atoms with Crippen LogP contribution in [0, 0.1) is 23.6 Å². The highest BCUT2D eigenvalue weighted by Crippen LogP contribution is 2.66. The Bertz CT molecular complexity index is 1850. The Hall–Kier alpha value is -4.25. The quantitative estimate of drug-likeness (QED) is 0.199. The smallest absolute Gasteiger partial charge is 0.258 e. The highest BCUT2D eigenvalue weighted by molar-refractivity contribution is 6.58. The van der Waals surface area contributed by atoms with Crippen LogP contribution in [0.25, 0.3) is 0 Å². The molecule has 0 bridgehead atoms. The fourth-order valence-electron chi connectivity index (χ4n) is 7.94. The van der Waals surface area contributed by atoms with Crippen LogP contribution < -0.4 is 9.64 Å². The number of imide groups is 2. The lowest BCUT2D eigenvalue weighted by molar-refractivity contribution is -0.140. The number of phenolic OH excluding ortho intramolecular Hbond substituents is 1. The molecule has 3 aromatic carbocycles. The van der Waals surface area contributed by atoms with Gasteiger partial charge in [0.05, 0.1) is 24.1 Å². The maximum absolute atomic E-state index is 14.5. The number of fused-ring (bicyclic) bond motifs is 4. The van der Waals surface area contributed by atoms with E-state index < -0.39 is 57.0 Å². The number of amides is 4. The molecule has 4 amide bonds. The molecule has 7 rings (SSSR count). The molecular weight excluding hydrogens is 662 g/mol. The second-order valence-electron chi connectivity index (χ2n) is 12.6. The van der Waals surface area contributed by atoms with Crippen molar-refractivity contribution in [1.29, 1.82) is 0 Å². The van der Waals surface area contributed by atoms with Gasteiger partial charge >= 0.3 is 0 Å². The third-order valence-electron chi connectivity index (χ3n) is 10.1. The molecule has 0 spiro atoms. The van der Waals surface area contributed by atoms with E-state index in [0.717, 1.165) is 22.6 Å². The second-order valence-corrected chi connectivity index (χ2v) is 13.8. The Morgan fingerprint density at radius 3 is 2.31 bits per heavy atom. The zero-order chi connectivity index (χ0) is 34.0. The summed E-state index contributed by atoms with van der Waals surface area (Å²) in [4.78, 5) is 54.8. The molecule has 2 saturated heterocycles. The fraction of sp³-hybridized carbons (Fsp3) is 0.333. The number of alkyl halides is 2. The number of carbonyl (C=O) groups excluding carboxylic acids is 4. The van der Waals surface area contributed by atoms with Gasteiger partial charge in [-0.1, -0.05) is 42.0 Å². The number of para-hydroxylation sites is 1. The zero-order valence-corrected chi connectivity index (χ0v) is 27.0. The molecule has 6 atom stereocenters.